The van der Waals surface area contributed by atoms with Gasteiger partial charge in [0.25, 0.3) is 0 Å². The van der Waals surface area contributed by atoms with E-state index in [9.17, 15) is 0 Å². The molecule has 144 valence electrons. The normalized spacial score (nSPS) is 14.0. The maximum atomic E-state index is 4.98. The van der Waals surface area contributed by atoms with Crippen molar-refractivity contribution in [3.63, 3.8) is 0 Å². The van der Waals surface area contributed by atoms with Crippen molar-refractivity contribution in [3.8, 4) is 0 Å². The SMILES string of the molecule is C=Cc1cc2c(c(/N=C/c3cc4ccccc4n3CCCC)c1)N(C)CCC2. The van der Waals surface area contributed by atoms with Gasteiger partial charge in [-0.25, -0.2) is 0 Å². The third kappa shape index (κ3) is 3.49. The van der Waals surface area contributed by atoms with Gasteiger partial charge >= 0.3 is 0 Å². The Morgan fingerprint density at radius 2 is 2.04 bits per heavy atom. The number of unbranched alkanes of at least 4 members (excludes halogenated alkanes) is 1. The molecule has 28 heavy (non-hydrogen) atoms. The molecule has 4 rings (SSSR count). The molecule has 0 amide bonds. The minimum atomic E-state index is 1.02. The van der Waals surface area contributed by atoms with Crippen molar-refractivity contribution in [3.05, 3.63) is 65.9 Å². The molecular formula is C25H29N3. The minimum absolute atomic E-state index is 1.02. The molecule has 0 spiro atoms. The van der Waals surface area contributed by atoms with Crippen molar-refractivity contribution >= 4 is 34.6 Å². The van der Waals surface area contributed by atoms with Crippen LogP contribution in [0.4, 0.5) is 11.4 Å². The van der Waals surface area contributed by atoms with Crippen LogP contribution in [0.15, 0.2) is 54.0 Å². The lowest BCUT2D eigenvalue weighted by Gasteiger charge is -2.29. The molecule has 0 atom stereocenters. The van der Waals surface area contributed by atoms with E-state index in [1.54, 1.807) is 0 Å². The maximum Gasteiger partial charge on any atom is 0.0872 e. The van der Waals surface area contributed by atoms with Crippen LogP contribution in [-0.2, 0) is 13.0 Å². The molecule has 3 aromatic rings. The van der Waals surface area contributed by atoms with E-state index in [4.69, 9.17) is 4.99 Å². The highest BCUT2D eigenvalue weighted by Gasteiger charge is 2.18. The summed E-state index contributed by atoms with van der Waals surface area (Å²) >= 11 is 0. The zero-order valence-corrected chi connectivity index (χ0v) is 17.0. The van der Waals surface area contributed by atoms with Crippen LogP contribution in [0, 0.1) is 0 Å². The van der Waals surface area contributed by atoms with E-state index in [1.807, 2.05) is 12.3 Å². The molecule has 0 unspecified atom stereocenters. The van der Waals surface area contributed by atoms with Crippen LogP contribution in [0.5, 0.6) is 0 Å². The summed E-state index contributed by atoms with van der Waals surface area (Å²) in [5.41, 5.74) is 7.30. The fourth-order valence-electron chi connectivity index (χ4n) is 4.21. The summed E-state index contributed by atoms with van der Waals surface area (Å²) in [6.07, 6.45) is 8.62. The molecule has 0 N–H and O–H groups in total. The predicted octanol–water partition coefficient (Wildman–Crippen LogP) is 6.22. The second-order valence-corrected chi connectivity index (χ2v) is 7.67. The van der Waals surface area contributed by atoms with Gasteiger partial charge in [0.05, 0.1) is 23.3 Å². The average Bonchev–Trinajstić information content (AvgIpc) is 3.07. The van der Waals surface area contributed by atoms with E-state index in [2.05, 4.69) is 72.5 Å². The minimum Gasteiger partial charge on any atom is -0.373 e. The number of aryl methyl sites for hydroxylation is 2. The number of para-hydroxylation sites is 1. The Morgan fingerprint density at radius 1 is 1.18 bits per heavy atom. The molecule has 1 aromatic heterocycles. The molecule has 0 radical (unpaired) electrons. The standard InChI is InChI=1S/C25H29N3/c1-4-6-14-28-22(17-20-10-7-8-12-24(20)28)18-26-23-16-19(5-2)15-21-11-9-13-27(3)25(21)23/h5,7-8,10,12,15-18H,2,4,6,9,11,13-14H2,1,3H3/b26-18+. The van der Waals surface area contributed by atoms with Crippen LogP contribution >= 0.6 is 0 Å². The molecule has 3 nitrogen and oxygen atoms in total. The van der Waals surface area contributed by atoms with Gasteiger partial charge in [0, 0.05) is 31.0 Å². The van der Waals surface area contributed by atoms with Gasteiger partial charge in [0.15, 0.2) is 0 Å². The number of fused-ring (bicyclic) bond motifs is 2. The second-order valence-electron chi connectivity index (χ2n) is 7.67. The average molecular weight is 372 g/mol. The first-order valence-corrected chi connectivity index (χ1v) is 10.3. The molecule has 0 bridgehead atoms. The van der Waals surface area contributed by atoms with Crippen LogP contribution in [0.3, 0.4) is 0 Å². The topological polar surface area (TPSA) is 20.5 Å². The van der Waals surface area contributed by atoms with E-state index in [-0.39, 0.29) is 0 Å². The highest BCUT2D eigenvalue weighted by atomic mass is 15.1. The van der Waals surface area contributed by atoms with Crippen molar-refractivity contribution in [2.75, 3.05) is 18.5 Å². The summed E-state index contributed by atoms with van der Waals surface area (Å²) in [4.78, 5) is 7.32. The van der Waals surface area contributed by atoms with Crippen LogP contribution in [0.2, 0.25) is 0 Å². The van der Waals surface area contributed by atoms with Crippen molar-refractivity contribution in [1.82, 2.24) is 4.57 Å². The number of aliphatic imine (C=N–C) groups is 1. The lowest BCUT2D eigenvalue weighted by Crippen LogP contribution is -2.24. The lowest BCUT2D eigenvalue weighted by molar-refractivity contribution is 0.647. The summed E-state index contributed by atoms with van der Waals surface area (Å²) in [7, 11) is 2.17. The molecule has 2 heterocycles. The monoisotopic (exact) mass is 371 g/mol. The van der Waals surface area contributed by atoms with Crippen LogP contribution in [0.1, 0.15) is 43.0 Å². The Bertz CT molecular complexity index is 1030. The molecule has 1 aliphatic rings. The van der Waals surface area contributed by atoms with Crippen LogP contribution in [0.25, 0.3) is 17.0 Å². The Morgan fingerprint density at radius 3 is 2.86 bits per heavy atom. The number of rotatable bonds is 6. The number of benzene rings is 2. The van der Waals surface area contributed by atoms with E-state index in [0.717, 1.165) is 30.8 Å². The molecule has 3 heteroatoms. The maximum absolute atomic E-state index is 4.98. The van der Waals surface area contributed by atoms with E-state index in [0.29, 0.717) is 0 Å². The fourth-order valence-corrected chi connectivity index (χ4v) is 4.21. The Balaban J connectivity index is 1.78. The van der Waals surface area contributed by atoms with Crippen molar-refractivity contribution in [2.45, 2.75) is 39.2 Å². The van der Waals surface area contributed by atoms with Gasteiger partial charge in [-0.05, 0) is 54.7 Å². The number of nitrogens with zero attached hydrogens (tertiary/aromatic N) is 3. The smallest absolute Gasteiger partial charge is 0.0872 e. The largest absolute Gasteiger partial charge is 0.373 e. The molecular weight excluding hydrogens is 342 g/mol. The number of anilines is 1. The molecule has 0 aliphatic carbocycles. The van der Waals surface area contributed by atoms with Crippen molar-refractivity contribution in [2.24, 2.45) is 4.99 Å². The van der Waals surface area contributed by atoms with Gasteiger partial charge in [-0.2, -0.15) is 0 Å². The quantitative estimate of drug-likeness (QED) is 0.471. The first kappa shape index (κ1) is 18.5. The van der Waals surface area contributed by atoms with Gasteiger partial charge in [-0.15, -0.1) is 0 Å². The van der Waals surface area contributed by atoms with Gasteiger partial charge in [-0.3, -0.25) is 4.99 Å². The Kier molecular flexibility index (Phi) is 5.34. The highest BCUT2D eigenvalue weighted by molar-refractivity contribution is 5.92. The summed E-state index contributed by atoms with van der Waals surface area (Å²) in [6.45, 7) is 8.31. The van der Waals surface area contributed by atoms with Gasteiger partial charge in [-0.1, -0.05) is 44.2 Å². The zero-order chi connectivity index (χ0) is 19.5. The van der Waals surface area contributed by atoms with E-state index >= 15 is 0 Å². The van der Waals surface area contributed by atoms with E-state index < -0.39 is 0 Å². The number of hydrogen-bond acceptors (Lipinski definition) is 2. The summed E-state index contributed by atoms with van der Waals surface area (Å²) in [5.74, 6) is 0. The zero-order valence-electron chi connectivity index (χ0n) is 17.0. The highest BCUT2D eigenvalue weighted by Crippen LogP contribution is 2.37. The van der Waals surface area contributed by atoms with Crippen molar-refractivity contribution in [1.29, 1.82) is 0 Å². The Hall–Kier alpha value is -2.81. The summed E-state index contributed by atoms with van der Waals surface area (Å²) < 4.78 is 2.40. The van der Waals surface area contributed by atoms with Gasteiger partial charge < -0.3 is 9.47 Å². The molecule has 0 saturated heterocycles. The van der Waals surface area contributed by atoms with Gasteiger partial charge in [0.1, 0.15) is 0 Å². The summed E-state index contributed by atoms with van der Waals surface area (Å²) in [6, 6.07) is 15.3. The first-order valence-electron chi connectivity index (χ1n) is 10.3. The Labute approximate surface area is 168 Å². The summed E-state index contributed by atoms with van der Waals surface area (Å²) in [5, 5.41) is 1.28. The molecule has 0 fully saturated rings. The second kappa shape index (κ2) is 8.05. The lowest BCUT2D eigenvalue weighted by atomic mass is 9.98. The third-order valence-corrected chi connectivity index (χ3v) is 5.66. The predicted molar refractivity (Wildman–Crippen MR) is 122 cm³/mol. The first-order chi connectivity index (χ1) is 13.7. The van der Waals surface area contributed by atoms with Gasteiger partial charge in [0.2, 0.25) is 0 Å². The number of aromatic nitrogens is 1. The fraction of sp³-hybridized carbons (Fsp3) is 0.320. The van der Waals surface area contributed by atoms with Crippen molar-refractivity contribution < 1.29 is 0 Å². The number of hydrogen-bond donors (Lipinski definition) is 0. The van der Waals surface area contributed by atoms with Crippen LogP contribution in [-0.4, -0.2) is 24.4 Å². The van der Waals surface area contributed by atoms with Crippen LogP contribution < -0.4 is 4.90 Å². The van der Waals surface area contributed by atoms with E-state index in [1.165, 1.54) is 47.1 Å². The molecule has 1 aliphatic heterocycles. The third-order valence-electron chi connectivity index (χ3n) is 5.66. The molecule has 0 saturated carbocycles. The molecule has 2 aromatic carbocycles.